The van der Waals surface area contributed by atoms with Crippen molar-refractivity contribution in [2.75, 3.05) is 0 Å². The van der Waals surface area contributed by atoms with E-state index in [9.17, 15) is 4.79 Å². The topological polar surface area (TPSA) is 26.3 Å². The first-order valence-corrected chi connectivity index (χ1v) is 8.89. The van der Waals surface area contributed by atoms with Gasteiger partial charge < -0.3 is 0 Å². The predicted molar refractivity (Wildman–Crippen MR) is 91.8 cm³/mol. The molecule has 3 heteroatoms. The van der Waals surface area contributed by atoms with Crippen LogP contribution >= 0.6 is 0 Å². The zero-order valence-corrected chi connectivity index (χ0v) is 14.9. The van der Waals surface area contributed by atoms with Crippen LogP contribution in [-0.2, 0) is 11.2 Å². The number of para-hydroxylation sites is 1. The van der Waals surface area contributed by atoms with Gasteiger partial charge in [-0.25, -0.2) is 0 Å². The molecule has 2 aromatic carbocycles. The molecule has 0 bridgehead atoms. The normalized spacial score (nSPS) is 12.2. The monoisotopic (exact) mass is 362 g/mol. The van der Waals surface area contributed by atoms with Crippen molar-refractivity contribution in [1.29, 1.82) is 0 Å². The van der Waals surface area contributed by atoms with Gasteiger partial charge in [-0.1, -0.05) is 0 Å². The second-order valence-electron chi connectivity index (χ2n) is 5.81. The van der Waals surface area contributed by atoms with Crippen LogP contribution in [0.1, 0.15) is 30.9 Å². The average Bonchev–Trinajstić information content (AvgIpc) is 2.50. The molecule has 0 N–H and O–H groups in total. The van der Waals surface area contributed by atoms with Gasteiger partial charge in [0.05, 0.1) is 0 Å². The van der Waals surface area contributed by atoms with Crippen molar-refractivity contribution >= 4 is 22.0 Å². The van der Waals surface area contributed by atoms with Crippen LogP contribution in [0.2, 0.25) is 5.32 Å². The van der Waals surface area contributed by atoms with Crippen molar-refractivity contribution in [2.45, 2.75) is 31.5 Å². The molecular formula is C19H22O2Se. The summed E-state index contributed by atoms with van der Waals surface area (Å²) >= 11 is 2.48. The van der Waals surface area contributed by atoms with E-state index in [1.807, 2.05) is 30.3 Å². The molecule has 0 spiro atoms. The van der Waals surface area contributed by atoms with Crippen LogP contribution in [0.15, 0.2) is 54.6 Å². The fourth-order valence-electron chi connectivity index (χ4n) is 2.35. The van der Waals surface area contributed by atoms with Crippen LogP contribution in [0.3, 0.4) is 0 Å². The van der Waals surface area contributed by atoms with Crippen LogP contribution in [0.25, 0.3) is 0 Å². The first kappa shape index (κ1) is 16.8. The summed E-state index contributed by atoms with van der Waals surface area (Å²) in [6, 6.07) is 17.5. The second-order valence-corrected chi connectivity index (χ2v) is 6.57. The molecule has 116 valence electrons. The Labute approximate surface area is 140 Å². The molecule has 2 rings (SSSR count). The summed E-state index contributed by atoms with van der Waals surface area (Å²) in [6.07, 6.45) is 1.06. The zero-order chi connectivity index (χ0) is 15.9. The number of hydrogen-bond donors (Lipinski definition) is 0. The molecule has 0 aliphatic heterocycles. The van der Waals surface area contributed by atoms with Gasteiger partial charge in [0.25, 0.3) is 0 Å². The zero-order valence-electron chi connectivity index (χ0n) is 13.0. The van der Waals surface area contributed by atoms with E-state index in [0.717, 1.165) is 12.0 Å². The van der Waals surface area contributed by atoms with E-state index in [0.29, 0.717) is 17.0 Å². The van der Waals surface area contributed by atoms with Crippen LogP contribution in [0.5, 0.6) is 5.75 Å². The molecule has 0 saturated heterocycles. The Morgan fingerprint density at radius 2 is 1.68 bits per heavy atom. The maximum atomic E-state index is 12.4. The van der Waals surface area contributed by atoms with Crippen LogP contribution in [0.4, 0.5) is 0 Å². The minimum atomic E-state index is -0.242. The third-order valence-corrected chi connectivity index (χ3v) is 4.22. The fourth-order valence-corrected chi connectivity index (χ4v) is 3.10. The van der Waals surface area contributed by atoms with Gasteiger partial charge in [-0.15, -0.1) is 0 Å². The van der Waals surface area contributed by atoms with Crippen LogP contribution in [0, 0.1) is 5.92 Å². The van der Waals surface area contributed by atoms with E-state index >= 15 is 0 Å². The summed E-state index contributed by atoms with van der Waals surface area (Å²) in [7, 11) is 0. The molecule has 0 aliphatic rings. The molecule has 0 fully saturated rings. The Balaban J connectivity index is 2.08. The van der Waals surface area contributed by atoms with E-state index < -0.39 is 0 Å². The SMILES string of the molecule is CC(C)Cc1ccc([C@H](C[SeH])C(=O)Oc2ccccc2)cc1. The summed E-state index contributed by atoms with van der Waals surface area (Å²) < 4.78 is 5.47. The van der Waals surface area contributed by atoms with Crippen molar-refractivity contribution in [3.8, 4) is 5.75 Å². The number of carbonyl (C=O) groups excluding carboxylic acids is 1. The molecule has 0 amide bonds. The van der Waals surface area contributed by atoms with Crippen molar-refractivity contribution in [2.24, 2.45) is 5.92 Å². The van der Waals surface area contributed by atoms with Crippen LogP contribution < -0.4 is 4.74 Å². The van der Waals surface area contributed by atoms with E-state index in [1.54, 1.807) is 12.1 Å². The summed E-state index contributed by atoms with van der Waals surface area (Å²) in [5.74, 6) is 0.777. The van der Waals surface area contributed by atoms with E-state index in [4.69, 9.17) is 4.74 Å². The fraction of sp³-hybridized carbons (Fsp3) is 0.316. The molecule has 2 nitrogen and oxygen atoms in total. The molecule has 22 heavy (non-hydrogen) atoms. The second kappa shape index (κ2) is 8.16. The quantitative estimate of drug-likeness (QED) is 0.443. The van der Waals surface area contributed by atoms with Gasteiger partial charge in [0.2, 0.25) is 0 Å². The summed E-state index contributed by atoms with van der Waals surface area (Å²) in [6.45, 7) is 4.41. The van der Waals surface area contributed by atoms with E-state index in [-0.39, 0.29) is 11.9 Å². The van der Waals surface area contributed by atoms with Gasteiger partial charge in [-0.3, -0.25) is 0 Å². The van der Waals surface area contributed by atoms with Gasteiger partial charge in [-0.05, 0) is 0 Å². The average molecular weight is 361 g/mol. The Hall–Kier alpha value is -1.57. The summed E-state index contributed by atoms with van der Waals surface area (Å²) in [5.41, 5.74) is 2.31. The van der Waals surface area contributed by atoms with E-state index in [2.05, 4.69) is 42.0 Å². The Morgan fingerprint density at radius 3 is 2.23 bits per heavy atom. The number of esters is 1. The third kappa shape index (κ3) is 4.72. The molecule has 0 saturated carbocycles. The van der Waals surface area contributed by atoms with Gasteiger partial charge in [-0.2, -0.15) is 0 Å². The number of benzene rings is 2. The number of rotatable bonds is 6. The van der Waals surface area contributed by atoms with Crippen molar-refractivity contribution in [3.05, 3.63) is 65.7 Å². The summed E-state index contributed by atoms with van der Waals surface area (Å²) in [5, 5.41) is 0.669. The van der Waals surface area contributed by atoms with Gasteiger partial charge in [0, 0.05) is 0 Å². The molecule has 2 aromatic rings. The van der Waals surface area contributed by atoms with Crippen molar-refractivity contribution in [1.82, 2.24) is 0 Å². The molecule has 0 radical (unpaired) electrons. The van der Waals surface area contributed by atoms with Gasteiger partial charge in [0.15, 0.2) is 0 Å². The standard InChI is InChI=1S/C19H22O2Se/c1-14(2)12-15-8-10-16(11-9-15)18(13-22)19(20)21-17-6-4-3-5-7-17/h3-11,14,18,22H,12-13H2,1-2H3/t18-/m0/s1. The summed E-state index contributed by atoms with van der Waals surface area (Å²) in [4.78, 5) is 12.4. The Bertz CT molecular complexity index is 591. The van der Waals surface area contributed by atoms with Gasteiger partial charge >= 0.3 is 140 Å². The molecule has 0 aliphatic carbocycles. The first-order chi connectivity index (χ1) is 10.6. The van der Waals surface area contributed by atoms with Gasteiger partial charge in [0.1, 0.15) is 0 Å². The molecule has 0 heterocycles. The Kier molecular flexibility index (Phi) is 6.23. The molecular weight excluding hydrogens is 339 g/mol. The third-order valence-electron chi connectivity index (χ3n) is 3.45. The number of ether oxygens (including phenoxy) is 1. The number of hydrogen-bond acceptors (Lipinski definition) is 2. The number of carbonyl (C=O) groups is 1. The Morgan fingerprint density at radius 1 is 1.05 bits per heavy atom. The van der Waals surface area contributed by atoms with Crippen molar-refractivity contribution in [3.63, 3.8) is 0 Å². The van der Waals surface area contributed by atoms with E-state index in [1.165, 1.54) is 5.56 Å². The maximum absolute atomic E-state index is 12.4. The first-order valence-electron chi connectivity index (χ1n) is 7.56. The predicted octanol–water partition coefficient (Wildman–Crippen LogP) is 3.89. The van der Waals surface area contributed by atoms with Crippen LogP contribution in [-0.4, -0.2) is 22.0 Å². The molecule has 0 unspecified atom stereocenters. The molecule has 1 atom stereocenters. The van der Waals surface area contributed by atoms with Crippen molar-refractivity contribution < 1.29 is 9.53 Å². The minimum absolute atomic E-state index is 0.205. The molecule has 0 aromatic heterocycles.